The van der Waals surface area contributed by atoms with E-state index in [1.54, 1.807) is 24.7 Å². The molecule has 3 aromatic heterocycles. The molecule has 4 aromatic rings. The van der Waals surface area contributed by atoms with Crippen molar-refractivity contribution in [1.29, 1.82) is 0 Å². The molecule has 1 aromatic carbocycles. The van der Waals surface area contributed by atoms with Gasteiger partial charge >= 0.3 is 0 Å². The molecule has 0 atom stereocenters. The lowest BCUT2D eigenvalue weighted by molar-refractivity contribution is 0.405. The third-order valence-corrected chi connectivity index (χ3v) is 4.50. The number of aryl methyl sites for hydroxylation is 1. The van der Waals surface area contributed by atoms with Gasteiger partial charge in [-0.25, -0.2) is 4.39 Å². The summed E-state index contributed by atoms with van der Waals surface area (Å²) in [6.45, 7) is 2.23. The van der Waals surface area contributed by atoms with Crippen LogP contribution < -0.4 is 10.1 Å². The van der Waals surface area contributed by atoms with Crippen LogP contribution in [0.5, 0.6) is 5.75 Å². The Morgan fingerprint density at radius 2 is 2.00 bits per heavy atom. The van der Waals surface area contributed by atoms with Gasteiger partial charge in [-0.3, -0.25) is 9.38 Å². The molecule has 136 valence electrons. The Kier molecular flexibility index (Phi) is 4.42. The SMILES string of the molecule is COc1cccc(F)c1CNc1ccc(-c2cccnc2C)c2nncn12. The summed E-state index contributed by atoms with van der Waals surface area (Å²) < 4.78 is 21.3. The highest BCUT2D eigenvalue weighted by Crippen LogP contribution is 2.28. The van der Waals surface area contributed by atoms with Gasteiger partial charge in [-0.15, -0.1) is 10.2 Å². The third-order valence-electron chi connectivity index (χ3n) is 4.50. The van der Waals surface area contributed by atoms with Gasteiger partial charge in [0.05, 0.1) is 7.11 Å². The van der Waals surface area contributed by atoms with Crippen molar-refractivity contribution in [3.8, 4) is 16.9 Å². The summed E-state index contributed by atoms with van der Waals surface area (Å²) >= 11 is 0. The number of rotatable bonds is 5. The number of nitrogens with zero attached hydrogens (tertiary/aromatic N) is 4. The summed E-state index contributed by atoms with van der Waals surface area (Å²) in [4.78, 5) is 4.35. The van der Waals surface area contributed by atoms with E-state index in [9.17, 15) is 4.39 Å². The van der Waals surface area contributed by atoms with Crippen molar-refractivity contribution in [2.45, 2.75) is 13.5 Å². The van der Waals surface area contributed by atoms with Gasteiger partial charge in [-0.1, -0.05) is 12.1 Å². The van der Waals surface area contributed by atoms with E-state index in [2.05, 4.69) is 20.5 Å². The molecule has 0 saturated carbocycles. The third kappa shape index (κ3) is 3.08. The predicted octanol–water partition coefficient (Wildman–Crippen LogP) is 3.86. The van der Waals surface area contributed by atoms with E-state index in [1.165, 1.54) is 13.2 Å². The molecular weight excluding hydrogens is 345 g/mol. The average Bonchev–Trinajstić information content (AvgIpc) is 3.17. The molecule has 27 heavy (non-hydrogen) atoms. The average molecular weight is 363 g/mol. The number of halogens is 1. The summed E-state index contributed by atoms with van der Waals surface area (Å²) in [5, 5.41) is 11.5. The summed E-state index contributed by atoms with van der Waals surface area (Å²) in [6, 6.07) is 12.6. The van der Waals surface area contributed by atoms with Crippen LogP contribution >= 0.6 is 0 Å². The molecule has 0 spiro atoms. The maximum atomic E-state index is 14.2. The minimum atomic E-state index is -0.315. The first kappa shape index (κ1) is 17.0. The van der Waals surface area contributed by atoms with Crippen LogP contribution in [0.3, 0.4) is 0 Å². The number of ether oxygens (including phenoxy) is 1. The van der Waals surface area contributed by atoms with Crippen LogP contribution in [0, 0.1) is 12.7 Å². The summed E-state index contributed by atoms with van der Waals surface area (Å²) in [6.07, 6.45) is 3.39. The van der Waals surface area contributed by atoms with Crippen molar-refractivity contribution in [2.75, 3.05) is 12.4 Å². The maximum Gasteiger partial charge on any atom is 0.170 e. The van der Waals surface area contributed by atoms with Crippen molar-refractivity contribution in [3.63, 3.8) is 0 Å². The van der Waals surface area contributed by atoms with Gasteiger partial charge in [0.15, 0.2) is 5.65 Å². The highest BCUT2D eigenvalue weighted by atomic mass is 19.1. The van der Waals surface area contributed by atoms with Crippen LogP contribution in [-0.2, 0) is 6.54 Å². The molecule has 0 radical (unpaired) electrons. The van der Waals surface area contributed by atoms with E-state index < -0.39 is 0 Å². The van der Waals surface area contributed by atoms with Crippen molar-refractivity contribution in [1.82, 2.24) is 19.6 Å². The number of benzene rings is 1. The monoisotopic (exact) mass is 363 g/mol. The molecule has 0 bridgehead atoms. The zero-order valence-electron chi connectivity index (χ0n) is 15.0. The maximum absolute atomic E-state index is 14.2. The predicted molar refractivity (Wildman–Crippen MR) is 101 cm³/mol. The summed E-state index contributed by atoms with van der Waals surface area (Å²) in [5.74, 6) is 0.945. The Bertz CT molecular complexity index is 1110. The van der Waals surface area contributed by atoms with Crippen molar-refractivity contribution in [3.05, 3.63) is 72.1 Å². The standard InChI is InChI=1S/C20H18FN5O/c1-13-14(5-4-10-22-13)15-8-9-19(26-12-24-25-20(15)26)23-11-16-17(21)6-3-7-18(16)27-2/h3-10,12,23H,11H2,1-2H3. The number of anilines is 1. The minimum absolute atomic E-state index is 0.272. The molecule has 0 amide bonds. The quantitative estimate of drug-likeness (QED) is 0.583. The molecule has 7 heteroatoms. The summed E-state index contributed by atoms with van der Waals surface area (Å²) in [7, 11) is 1.53. The van der Waals surface area contributed by atoms with E-state index in [4.69, 9.17) is 4.74 Å². The largest absolute Gasteiger partial charge is 0.496 e. The first-order valence-corrected chi connectivity index (χ1v) is 8.49. The van der Waals surface area contributed by atoms with Crippen molar-refractivity contribution < 1.29 is 9.13 Å². The van der Waals surface area contributed by atoms with Gasteiger partial charge in [-0.05, 0) is 37.3 Å². The lowest BCUT2D eigenvalue weighted by atomic mass is 10.1. The molecule has 4 rings (SSSR count). The van der Waals surface area contributed by atoms with Crippen LogP contribution in [0.4, 0.5) is 10.2 Å². The van der Waals surface area contributed by atoms with Gasteiger partial charge in [0.1, 0.15) is 23.7 Å². The van der Waals surface area contributed by atoms with E-state index in [-0.39, 0.29) is 12.4 Å². The Morgan fingerprint density at radius 3 is 2.81 bits per heavy atom. The number of pyridine rings is 2. The molecule has 0 aliphatic heterocycles. The number of hydrogen-bond donors (Lipinski definition) is 1. The first-order valence-electron chi connectivity index (χ1n) is 8.49. The number of methoxy groups -OCH3 is 1. The molecule has 1 N–H and O–H groups in total. The molecular formula is C20H18FN5O. The molecule has 0 aliphatic rings. The van der Waals surface area contributed by atoms with Gasteiger partial charge < -0.3 is 10.1 Å². The number of nitrogens with one attached hydrogen (secondary N) is 1. The number of hydrogen-bond acceptors (Lipinski definition) is 5. The number of fused-ring (bicyclic) bond motifs is 1. The highest BCUT2D eigenvalue weighted by molar-refractivity contribution is 5.80. The van der Waals surface area contributed by atoms with E-state index in [0.29, 0.717) is 17.0 Å². The highest BCUT2D eigenvalue weighted by Gasteiger charge is 2.13. The first-order chi connectivity index (χ1) is 13.2. The van der Waals surface area contributed by atoms with Gasteiger partial charge in [-0.2, -0.15) is 0 Å². The molecule has 0 fully saturated rings. The second kappa shape index (κ2) is 7.03. The zero-order chi connectivity index (χ0) is 18.8. The van der Waals surface area contributed by atoms with Gasteiger partial charge in [0.2, 0.25) is 0 Å². The van der Waals surface area contributed by atoms with Crippen LogP contribution in [0.25, 0.3) is 16.8 Å². The Hall–Kier alpha value is -3.48. The Morgan fingerprint density at radius 1 is 1.11 bits per heavy atom. The smallest absolute Gasteiger partial charge is 0.170 e. The number of aromatic nitrogens is 4. The van der Waals surface area contributed by atoms with Crippen molar-refractivity contribution in [2.24, 2.45) is 0 Å². The fourth-order valence-corrected chi connectivity index (χ4v) is 3.12. The molecule has 0 saturated heterocycles. The van der Waals surface area contributed by atoms with Crippen LogP contribution in [0.15, 0.2) is 55.0 Å². The second-order valence-electron chi connectivity index (χ2n) is 6.07. The van der Waals surface area contributed by atoms with Gasteiger partial charge in [0.25, 0.3) is 0 Å². The van der Waals surface area contributed by atoms with Crippen LogP contribution in [0.1, 0.15) is 11.3 Å². The Labute approximate surface area is 155 Å². The van der Waals surface area contributed by atoms with E-state index in [1.807, 2.05) is 35.6 Å². The fourth-order valence-electron chi connectivity index (χ4n) is 3.12. The molecule has 6 nitrogen and oxygen atoms in total. The normalized spacial score (nSPS) is 10.9. The van der Waals surface area contributed by atoms with Gasteiger partial charge in [0, 0.05) is 35.1 Å². The van der Waals surface area contributed by atoms with Crippen molar-refractivity contribution >= 4 is 11.5 Å². The lowest BCUT2D eigenvalue weighted by Crippen LogP contribution is -2.07. The zero-order valence-corrected chi connectivity index (χ0v) is 15.0. The second-order valence-corrected chi connectivity index (χ2v) is 6.07. The summed E-state index contributed by atoms with van der Waals surface area (Å²) in [5.41, 5.74) is 4.02. The van der Waals surface area contributed by atoms with E-state index in [0.717, 1.165) is 22.6 Å². The fraction of sp³-hybridized carbons (Fsp3) is 0.150. The topological polar surface area (TPSA) is 64.3 Å². The Balaban J connectivity index is 1.70. The van der Waals surface area contributed by atoms with Crippen LogP contribution in [-0.4, -0.2) is 26.7 Å². The lowest BCUT2D eigenvalue weighted by Gasteiger charge is -2.14. The molecule has 0 unspecified atom stereocenters. The van der Waals surface area contributed by atoms with Crippen LogP contribution in [0.2, 0.25) is 0 Å². The minimum Gasteiger partial charge on any atom is -0.496 e. The molecule has 3 heterocycles. The van der Waals surface area contributed by atoms with E-state index >= 15 is 0 Å². The molecule has 0 aliphatic carbocycles.